The summed E-state index contributed by atoms with van der Waals surface area (Å²) in [6, 6.07) is 0. The van der Waals surface area contributed by atoms with Gasteiger partial charge in [0.05, 0.1) is 25.6 Å². The lowest BCUT2D eigenvalue weighted by Crippen LogP contribution is -2.57. The lowest BCUT2D eigenvalue weighted by Gasteiger charge is -2.59. The lowest BCUT2D eigenvalue weighted by atomic mass is 9.46. The minimum absolute atomic E-state index is 0.226. The standard InChI is InChI=1S/C27H40O3/c1-4-15-28-20-6-7-21-19(18-20)5-8-23-22(21)9-10-24(2)26(23)11-13-27(24,14-12-26)25(3)29-16-17-30-25/h6,22-23H,4-5,7-18H2,1-3H3/t22-,23-,24+,26?,27?/m1/s1. The van der Waals surface area contributed by atoms with Crippen molar-refractivity contribution in [3.8, 4) is 0 Å². The van der Waals surface area contributed by atoms with E-state index in [-0.39, 0.29) is 11.2 Å². The van der Waals surface area contributed by atoms with E-state index in [1.807, 2.05) is 5.57 Å². The molecule has 30 heavy (non-hydrogen) atoms. The van der Waals surface area contributed by atoms with Crippen molar-refractivity contribution in [1.29, 1.82) is 0 Å². The van der Waals surface area contributed by atoms with E-state index in [0.717, 1.165) is 50.9 Å². The Bertz CT molecular complexity index is 778. The normalized spacial score (nSPS) is 46.3. The summed E-state index contributed by atoms with van der Waals surface area (Å²) in [5.41, 5.74) is 4.66. The summed E-state index contributed by atoms with van der Waals surface area (Å²) in [7, 11) is 0. The molecule has 0 N–H and O–H groups in total. The van der Waals surface area contributed by atoms with Crippen LogP contribution < -0.4 is 0 Å². The second-order valence-corrected chi connectivity index (χ2v) is 11.5. The number of hydrogen-bond donors (Lipinski definition) is 0. The maximum Gasteiger partial charge on any atom is 0.171 e. The van der Waals surface area contributed by atoms with E-state index in [9.17, 15) is 0 Å². The zero-order valence-corrected chi connectivity index (χ0v) is 19.4. The molecule has 2 bridgehead atoms. The minimum atomic E-state index is -0.356. The average molecular weight is 413 g/mol. The largest absolute Gasteiger partial charge is 0.498 e. The predicted octanol–water partition coefficient (Wildman–Crippen LogP) is 6.54. The van der Waals surface area contributed by atoms with E-state index >= 15 is 0 Å². The molecule has 4 fully saturated rings. The van der Waals surface area contributed by atoms with Crippen molar-refractivity contribution in [2.24, 2.45) is 28.1 Å². The first kappa shape index (κ1) is 19.9. The fraction of sp³-hybridized carbons (Fsp3) is 0.852. The Kier molecular flexibility index (Phi) is 4.37. The van der Waals surface area contributed by atoms with E-state index < -0.39 is 0 Å². The molecule has 166 valence electrons. The lowest BCUT2D eigenvalue weighted by molar-refractivity contribution is -0.258. The Balaban J connectivity index is 1.30. The van der Waals surface area contributed by atoms with Gasteiger partial charge in [0, 0.05) is 11.8 Å². The number of fused-ring (bicyclic) bond motifs is 2. The van der Waals surface area contributed by atoms with Gasteiger partial charge in [0.25, 0.3) is 0 Å². The third-order valence-electron chi connectivity index (χ3n) is 11.1. The van der Waals surface area contributed by atoms with Crippen LogP contribution in [0, 0.1) is 28.1 Å². The van der Waals surface area contributed by atoms with Crippen molar-refractivity contribution < 1.29 is 14.2 Å². The predicted molar refractivity (Wildman–Crippen MR) is 118 cm³/mol. The van der Waals surface area contributed by atoms with Gasteiger partial charge >= 0.3 is 0 Å². The monoisotopic (exact) mass is 412 g/mol. The van der Waals surface area contributed by atoms with E-state index in [0.29, 0.717) is 10.8 Å². The van der Waals surface area contributed by atoms with Gasteiger partial charge in [-0.05, 0) is 99.9 Å². The Hall–Kier alpha value is -0.800. The van der Waals surface area contributed by atoms with Gasteiger partial charge < -0.3 is 14.2 Å². The average Bonchev–Trinajstić information content (AvgIpc) is 3.41. The molecule has 6 aliphatic rings. The first-order valence-corrected chi connectivity index (χ1v) is 12.8. The molecule has 0 spiro atoms. The van der Waals surface area contributed by atoms with Crippen molar-refractivity contribution in [1.82, 2.24) is 0 Å². The van der Waals surface area contributed by atoms with Gasteiger partial charge in [-0.25, -0.2) is 0 Å². The molecular weight excluding hydrogens is 372 g/mol. The minimum Gasteiger partial charge on any atom is -0.498 e. The second-order valence-electron chi connectivity index (χ2n) is 11.5. The van der Waals surface area contributed by atoms with Gasteiger partial charge in [0.1, 0.15) is 0 Å². The van der Waals surface area contributed by atoms with Gasteiger partial charge in [0.2, 0.25) is 0 Å². The molecule has 6 rings (SSSR count). The van der Waals surface area contributed by atoms with Crippen molar-refractivity contribution in [3.05, 3.63) is 23.0 Å². The number of hydrogen-bond acceptors (Lipinski definition) is 3. The van der Waals surface area contributed by atoms with Gasteiger partial charge in [-0.15, -0.1) is 0 Å². The fourth-order valence-electron chi connectivity index (χ4n) is 9.74. The molecule has 0 aromatic rings. The fourth-order valence-corrected chi connectivity index (χ4v) is 9.74. The highest BCUT2D eigenvalue weighted by molar-refractivity contribution is 5.35. The molecule has 0 aromatic carbocycles. The molecule has 1 aliphatic heterocycles. The van der Waals surface area contributed by atoms with Crippen molar-refractivity contribution in [3.63, 3.8) is 0 Å². The summed E-state index contributed by atoms with van der Waals surface area (Å²) >= 11 is 0. The second kappa shape index (κ2) is 6.61. The summed E-state index contributed by atoms with van der Waals surface area (Å²) in [4.78, 5) is 0. The van der Waals surface area contributed by atoms with Crippen LogP contribution >= 0.6 is 0 Å². The molecule has 3 saturated carbocycles. The highest BCUT2D eigenvalue weighted by Crippen LogP contribution is 2.83. The summed E-state index contributed by atoms with van der Waals surface area (Å²) in [6.07, 6.45) is 16.6. The maximum atomic E-state index is 6.37. The van der Waals surface area contributed by atoms with Gasteiger partial charge in [-0.1, -0.05) is 25.0 Å². The number of ether oxygens (including phenoxy) is 3. The first-order valence-electron chi connectivity index (χ1n) is 12.8. The van der Waals surface area contributed by atoms with Crippen LogP contribution in [0.2, 0.25) is 0 Å². The van der Waals surface area contributed by atoms with Crippen LogP contribution in [0.15, 0.2) is 23.0 Å². The summed E-state index contributed by atoms with van der Waals surface area (Å²) in [6.45, 7) is 9.55. The first-order chi connectivity index (χ1) is 14.5. The van der Waals surface area contributed by atoms with Gasteiger partial charge in [-0.3, -0.25) is 0 Å². The molecule has 3 heteroatoms. The van der Waals surface area contributed by atoms with Crippen LogP contribution in [0.5, 0.6) is 0 Å². The maximum absolute atomic E-state index is 6.37. The molecule has 0 aromatic heterocycles. The molecule has 5 aliphatic carbocycles. The van der Waals surface area contributed by atoms with Crippen LogP contribution in [0.4, 0.5) is 0 Å². The van der Waals surface area contributed by atoms with Crippen LogP contribution in [0.3, 0.4) is 0 Å². The SMILES string of the molecule is CCCOC1=CCC2=C(CC[C@@H]3[C@@H]2CC[C@@]2(C)C34CCC2(C2(C)OCCO2)CC4)C1. The highest BCUT2D eigenvalue weighted by atomic mass is 16.7. The molecule has 3 atom stereocenters. The quantitative estimate of drug-likeness (QED) is 0.491. The topological polar surface area (TPSA) is 27.7 Å². The van der Waals surface area contributed by atoms with E-state index in [4.69, 9.17) is 14.2 Å². The van der Waals surface area contributed by atoms with Crippen molar-refractivity contribution >= 4 is 0 Å². The Labute approximate surface area is 182 Å². The Morgan fingerprint density at radius 1 is 1.03 bits per heavy atom. The zero-order valence-electron chi connectivity index (χ0n) is 19.4. The van der Waals surface area contributed by atoms with Crippen LogP contribution in [-0.4, -0.2) is 25.6 Å². The molecule has 3 nitrogen and oxygen atoms in total. The van der Waals surface area contributed by atoms with Crippen LogP contribution in [0.1, 0.15) is 91.4 Å². The Morgan fingerprint density at radius 2 is 1.80 bits per heavy atom. The van der Waals surface area contributed by atoms with Crippen LogP contribution in [-0.2, 0) is 14.2 Å². The van der Waals surface area contributed by atoms with Gasteiger partial charge in [-0.2, -0.15) is 0 Å². The molecule has 1 saturated heterocycles. The van der Waals surface area contributed by atoms with E-state index in [1.54, 1.807) is 5.57 Å². The third kappa shape index (κ3) is 2.24. The van der Waals surface area contributed by atoms with E-state index in [1.165, 1.54) is 57.1 Å². The smallest absolute Gasteiger partial charge is 0.171 e. The molecule has 1 heterocycles. The molecule has 0 radical (unpaired) electrons. The highest BCUT2D eigenvalue weighted by Gasteiger charge is 2.78. The van der Waals surface area contributed by atoms with Crippen LogP contribution in [0.25, 0.3) is 0 Å². The van der Waals surface area contributed by atoms with E-state index in [2.05, 4.69) is 26.8 Å². The molecular formula is C27H40O3. The van der Waals surface area contributed by atoms with Gasteiger partial charge in [0.15, 0.2) is 5.79 Å². The summed E-state index contributed by atoms with van der Waals surface area (Å²) in [5, 5.41) is 0. The van der Waals surface area contributed by atoms with Crippen molar-refractivity contribution in [2.45, 2.75) is 97.2 Å². The zero-order chi connectivity index (χ0) is 20.6. The Morgan fingerprint density at radius 3 is 2.53 bits per heavy atom. The summed E-state index contributed by atoms with van der Waals surface area (Å²) < 4.78 is 18.8. The third-order valence-corrected chi connectivity index (χ3v) is 11.1. The molecule has 0 unspecified atom stereocenters. The number of rotatable bonds is 4. The summed E-state index contributed by atoms with van der Waals surface area (Å²) in [5.74, 6) is 2.58. The number of allylic oxidation sites excluding steroid dienone is 3. The molecule has 0 amide bonds. The van der Waals surface area contributed by atoms with Crippen molar-refractivity contribution in [2.75, 3.05) is 19.8 Å².